The third kappa shape index (κ3) is 11.5. The van der Waals surface area contributed by atoms with Crippen LogP contribution in [0.3, 0.4) is 0 Å². The Bertz CT molecular complexity index is 1040. The van der Waals surface area contributed by atoms with E-state index < -0.39 is 24.0 Å². The number of carbonyl (C=O) groups is 2. The third-order valence-corrected chi connectivity index (χ3v) is 6.23. The fourth-order valence-corrected chi connectivity index (χ4v) is 3.95. The van der Waals surface area contributed by atoms with Crippen molar-refractivity contribution in [2.24, 2.45) is 5.92 Å². The minimum Gasteiger partial charge on any atom is -0.472 e. The summed E-state index contributed by atoms with van der Waals surface area (Å²) in [6.07, 6.45) is 16.1. The zero-order valence-corrected chi connectivity index (χ0v) is 22.5. The van der Waals surface area contributed by atoms with E-state index in [9.17, 15) is 14.7 Å². The second-order valence-corrected chi connectivity index (χ2v) is 9.58. The Morgan fingerprint density at radius 3 is 2.57 bits per heavy atom. The molecule has 0 aliphatic heterocycles. The van der Waals surface area contributed by atoms with E-state index in [1.165, 1.54) is 18.2 Å². The molecule has 0 fully saturated rings. The molecule has 6 heteroatoms. The van der Waals surface area contributed by atoms with Crippen LogP contribution in [0.4, 0.5) is 0 Å². The van der Waals surface area contributed by atoms with Gasteiger partial charge in [-0.2, -0.15) is 0 Å². The number of ether oxygens (including phenoxy) is 1. The molecule has 0 saturated carbocycles. The SMILES string of the molecule is COC(=O)[C@@H](NC(=O)[C@H](O)C/C(C)=C\CC[C@H](C)/C=C/C=C(\C)CCCc1ccoc1)c1ccccc1. The number of carbonyl (C=O) groups excluding carboxylic acids is 2. The van der Waals surface area contributed by atoms with Gasteiger partial charge in [-0.1, -0.05) is 72.7 Å². The summed E-state index contributed by atoms with van der Waals surface area (Å²) in [5.41, 5.74) is 4.13. The molecule has 0 radical (unpaired) electrons. The van der Waals surface area contributed by atoms with Crippen molar-refractivity contribution in [2.75, 3.05) is 7.11 Å². The number of hydrogen-bond donors (Lipinski definition) is 2. The van der Waals surface area contributed by atoms with Crippen molar-refractivity contribution in [1.82, 2.24) is 5.32 Å². The van der Waals surface area contributed by atoms with Gasteiger partial charge in [0.05, 0.1) is 19.6 Å². The zero-order valence-electron chi connectivity index (χ0n) is 22.5. The Balaban J connectivity index is 1.73. The van der Waals surface area contributed by atoms with E-state index >= 15 is 0 Å². The molecule has 2 aromatic rings. The van der Waals surface area contributed by atoms with Gasteiger partial charge in [-0.15, -0.1) is 0 Å². The van der Waals surface area contributed by atoms with Crippen molar-refractivity contribution in [2.45, 2.75) is 71.4 Å². The molecule has 0 saturated heterocycles. The number of aryl methyl sites for hydroxylation is 1. The van der Waals surface area contributed by atoms with E-state index in [-0.39, 0.29) is 6.42 Å². The number of nitrogens with one attached hydrogen (secondary N) is 1. The predicted molar refractivity (Wildman–Crippen MR) is 147 cm³/mol. The van der Waals surface area contributed by atoms with Crippen LogP contribution in [0, 0.1) is 5.92 Å². The number of aliphatic hydroxyl groups is 1. The average molecular weight is 508 g/mol. The maximum atomic E-state index is 12.5. The first kappa shape index (κ1) is 29.8. The molecule has 0 bridgehead atoms. The van der Waals surface area contributed by atoms with Gasteiger partial charge in [0, 0.05) is 6.42 Å². The molecule has 1 amide bonds. The van der Waals surface area contributed by atoms with Crippen LogP contribution in [0.5, 0.6) is 0 Å². The van der Waals surface area contributed by atoms with E-state index in [0.29, 0.717) is 11.5 Å². The summed E-state index contributed by atoms with van der Waals surface area (Å²) < 4.78 is 9.92. The van der Waals surface area contributed by atoms with Gasteiger partial charge >= 0.3 is 5.97 Å². The first-order valence-corrected chi connectivity index (χ1v) is 12.9. The smallest absolute Gasteiger partial charge is 0.333 e. The van der Waals surface area contributed by atoms with Gasteiger partial charge in [-0.25, -0.2) is 4.79 Å². The van der Waals surface area contributed by atoms with E-state index in [1.807, 2.05) is 19.1 Å². The highest BCUT2D eigenvalue weighted by Crippen LogP contribution is 2.17. The van der Waals surface area contributed by atoms with Gasteiger partial charge in [-0.05, 0) is 69.1 Å². The lowest BCUT2D eigenvalue weighted by molar-refractivity contribution is -0.146. The Morgan fingerprint density at radius 1 is 1.14 bits per heavy atom. The molecule has 1 aromatic heterocycles. The van der Waals surface area contributed by atoms with Crippen LogP contribution < -0.4 is 5.32 Å². The van der Waals surface area contributed by atoms with Crippen LogP contribution in [0.1, 0.15) is 70.0 Å². The van der Waals surface area contributed by atoms with Crippen LogP contribution >= 0.6 is 0 Å². The lowest BCUT2D eigenvalue weighted by Crippen LogP contribution is -2.40. The summed E-state index contributed by atoms with van der Waals surface area (Å²) in [5, 5.41) is 13.0. The van der Waals surface area contributed by atoms with E-state index in [4.69, 9.17) is 9.15 Å². The lowest BCUT2D eigenvalue weighted by atomic mass is 10.0. The summed E-state index contributed by atoms with van der Waals surface area (Å²) >= 11 is 0. The number of furan rings is 1. The molecule has 0 aliphatic rings. The molecular weight excluding hydrogens is 466 g/mol. The van der Waals surface area contributed by atoms with Gasteiger partial charge < -0.3 is 19.6 Å². The summed E-state index contributed by atoms with van der Waals surface area (Å²) in [6.45, 7) is 6.24. The van der Waals surface area contributed by atoms with Crippen LogP contribution in [-0.2, 0) is 20.7 Å². The first-order chi connectivity index (χ1) is 17.8. The van der Waals surface area contributed by atoms with E-state index in [1.54, 1.807) is 36.8 Å². The van der Waals surface area contributed by atoms with Crippen molar-refractivity contribution in [3.63, 3.8) is 0 Å². The van der Waals surface area contributed by atoms with Crippen molar-refractivity contribution >= 4 is 11.9 Å². The maximum Gasteiger partial charge on any atom is 0.333 e. The number of allylic oxidation sites excluding steroid dienone is 5. The molecule has 1 aromatic carbocycles. The molecule has 2 N–H and O–H groups in total. The summed E-state index contributed by atoms with van der Waals surface area (Å²) in [4.78, 5) is 24.7. The minimum absolute atomic E-state index is 0.208. The largest absolute Gasteiger partial charge is 0.472 e. The third-order valence-electron chi connectivity index (χ3n) is 6.23. The Labute approximate surface area is 221 Å². The van der Waals surface area contributed by atoms with Gasteiger partial charge in [0.25, 0.3) is 0 Å². The molecule has 2 rings (SSSR count). The Hall–Kier alpha value is -3.38. The standard InChI is InChI=1S/C31H41NO5/c1-23(11-8-12-24(2)14-10-16-26-19-20-37-22-26)13-9-15-25(3)21-28(33)30(34)32-29(31(35)36-4)27-17-6-5-7-18-27/h5-8,11-12,15,17-20,22-23,28-29,33H,9-10,13-14,16,21H2,1-4H3,(H,32,34)/b11-8+,24-12+,25-15-/t23-,28-,29+/m1/s1. The lowest BCUT2D eigenvalue weighted by Gasteiger charge is -2.19. The van der Waals surface area contributed by atoms with Gasteiger partial charge in [0.2, 0.25) is 5.91 Å². The second kappa shape index (κ2) is 16.4. The fourth-order valence-electron chi connectivity index (χ4n) is 3.95. The molecule has 6 nitrogen and oxygen atoms in total. The minimum atomic E-state index is -1.24. The molecule has 0 unspecified atom stereocenters. The van der Waals surface area contributed by atoms with Gasteiger partial charge in [0.1, 0.15) is 6.10 Å². The molecule has 0 aliphatic carbocycles. The van der Waals surface area contributed by atoms with Crippen molar-refractivity contribution in [3.8, 4) is 0 Å². The topological polar surface area (TPSA) is 88.8 Å². The monoisotopic (exact) mass is 507 g/mol. The number of hydrogen-bond acceptors (Lipinski definition) is 5. The Morgan fingerprint density at radius 2 is 1.89 bits per heavy atom. The number of benzene rings is 1. The first-order valence-electron chi connectivity index (χ1n) is 12.9. The van der Waals surface area contributed by atoms with E-state index in [2.05, 4.69) is 43.5 Å². The van der Waals surface area contributed by atoms with Crippen LogP contribution in [-0.4, -0.2) is 30.2 Å². The number of esters is 1. The highest BCUT2D eigenvalue weighted by Gasteiger charge is 2.26. The number of rotatable bonds is 15. The second-order valence-electron chi connectivity index (χ2n) is 9.58. The molecular formula is C31H41NO5. The van der Waals surface area contributed by atoms with Crippen molar-refractivity contribution in [1.29, 1.82) is 0 Å². The summed E-state index contributed by atoms with van der Waals surface area (Å²) in [7, 11) is 1.27. The molecule has 1 heterocycles. The number of aliphatic hydroxyl groups excluding tert-OH is 1. The predicted octanol–water partition coefficient (Wildman–Crippen LogP) is 6.25. The van der Waals surface area contributed by atoms with Crippen LogP contribution in [0.25, 0.3) is 0 Å². The van der Waals surface area contributed by atoms with Crippen LogP contribution in [0.2, 0.25) is 0 Å². The number of amides is 1. The van der Waals surface area contributed by atoms with E-state index in [0.717, 1.165) is 37.7 Å². The normalized spacial score (nSPS) is 14.8. The summed E-state index contributed by atoms with van der Waals surface area (Å²) in [5.74, 6) is -0.769. The quantitative estimate of drug-likeness (QED) is 0.169. The summed E-state index contributed by atoms with van der Waals surface area (Å²) in [6, 6.07) is 9.89. The van der Waals surface area contributed by atoms with Gasteiger partial charge in [-0.3, -0.25) is 4.79 Å². The number of methoxy groups -OCH3 is 1. The Kier molecular flexibility index (Phi) is 13.2. The molecule has 200 valence electrons. The highest BCUT2D eigenvalue weighted by atomic mass is 16.5. The highest BCUT2D eigenvalue weighted by molar-refractivity contribution is 5.87. The molecule has 3 atom stereocenters. The molecule has 37 heavy (non-hydrogen) atoms. The fraction of sp³-hybridized carbons (Fsp3) is 0.419. The van der Waals surface area contributed by atoms with Crippen LogP contribution in [0.15, 0.2) is 88.8 Å². The van der Waals surface area contributed by atoms with Gasteiger partial charge in [0.15, 0.2) is 6.04 Å². The van der Waals surface area contributed by atoms with Crippen molar-refractivity contribution in [3.05, 3.63) is 95.5 Å². The zero-order chi connectivity index (χ0) is 27.0. The van der Waals surface area contributed by atoms with Crippen molar-refractivity contribution < 1.29 is 23.8 Å². The average Bonchev–Trinajstić information content (AvgIpc) is 3.40. The molecule has 0 spiro atoms. The maximum absolute atomic E-state index is 12.5.